The summed E-state index contributed by atoms with van der Waals surface area (Å²) in [6, 6.07) is 1.77. The molecule has 1 aromatic heterocycles. The van der Waals surface area contributed by atoms with Crippen LogP contribution >= 0.6 is 0 Å². The first-order valence-corrected chi connectivity index (χ1v) is 4.98. The molecule has 0 fully saturated rings. The van der Waals surface area contributed by atoms with E-state index >= 15 is 0 Å². The molecule has 1 heterocycles. The summed E-state index contributed by atoms with van der Waals surface area (Å²) in [7, 11) is 0. The van der Waals surface area contributed by atoms with Gasteiger partial charge >= 0.3 is 0 Å². The van der Waals surface area contributed by atoms with Crippen LogP contribution in [0, 0.1) is 6.92 Å². The molecule has 4 heteroatoms. The number of aryl methyl sites for hydroxylation is 1. The minimum Gasteiger partial charge on any atom is -0.383 e. The number of nitrogens with two attached hydrogens (primary N) is 1. The molecule has 0 aliphatic carbocycles. The van der Waals surface area contributed by atoms with Gasteiger partial charge in [0.1, 0.15) is 12.4 Å². The maximum absolute atomic E-state index is 11.7. The molecule has 0 radical (unpaired) electrons. The SMILES string of the molecule is CCCOCC(=O)c1c(C)ccnc1N. The van der Waals surface area contributed by atoms with Gasteiger partial charge in [-0.3, -0.25) is 4.79 Å². The van der Waals surface area contributed by atoms with E-state index in [4.69, 9.17) is 10.5 Å². The Kier molecular flexibility index (Phi) is 4.24. The van der Waals surface area contributed by atoms with Gasteiger partial charge in [0, 0.05) is 12.8 Å². The van der Waals surface area contributed by atoms with E-state index in [1.165, 1.54) is 0 Å². The van der Waals surface area contributed by atoms with Gasteiger partial charge in [-0.2, -0.15) is 0 Å². The molecule has 15 heavy (non-hydrogen) atoms. The normalized spacial score (nSPS) is 10.3. The second-order valence-electron chi connectivity index (χ2n) is 3.36. The summed E-state index contributed by atoms with van der Waals surface area (Å²) in [5, 5.41) is 0. The highest BCUT2D eigenvalue weighted by atomic mass is 16.5. The van der Waals surface area contributed by atoms with Crippen LogP contribution in [0.4, 0.5) is 5.82 Å². The summed E-state index contributed by atoms with van der Waals surface area (Å²) >= 11 is 0. The summed E-state index contributed by atoms with van der Waals surface area (Å²) in [5.41, 5.74) is 6.96. The highest BCUT2D eigenvalue weighted by Gasteiger charge is 2.13. The first-order chi connectivity index (χ1) is 7.16. The number of rotatable bonds is 5. The van der Waals surface area contributed by atoms with Crippen molar-refractivity contribution in [1.29, 1.82) is 0 Å². The van der Waals surface area contributed by atoms with Crippen LogP contribution in [0.15, 0.2) is 12.3 Å². The molecule has 0 atom stereocenters. The summed E-state index contributed by atoms with van der Waals surface area (Å²) < 4.78 is 5.18. The van der Waals surface area contributed by atoms with Gasteiger partial charge in [-0.15, -0.1) is 0 Å². The Morgan fingerprint density at radius 1 is 1.60 bits per heavy atom. The second kappa shape index (κ2) is 5.46. The van der Waals surface area contributed by atoms with Crippen molar-refractivity contribution in [2.75, 3.05) is 18.9 Å². The third-order valence-electron chi connectivity index (χ3n) is 2.05. The van der Waals surface area contributed by atoms with Crippen LogP contribution in [-0.2, 0) is 4.74 Å². The maximum Gasteiger partial charge on any atom is 0.192 e. The highest BCUT2D eigenvalue weighted by Crippen LogP contribution is 2.14. The number of nitrogens with zero attached hydrogens (tertiary/aromatic N) is 1. The molecule has 82 valence electrons. The van der Waals surface area contributed by atoms with Crippen LogP contribution < -0.4 is 5.73 Å². The molecule has 0 aliphatic heterocycles. The number of anilines is 1. The summed E-state index contributed by atoms with van der Waals surface area (Å²) in [4.78, 5) is 15.6. The first-order valence-electron chi connectivity index (χ1n) is 4.98. The molecule has 0 aliphatic rings. The lowest BCUT2D eigenvalue weighted by atomic mass is 10.1. The van der Waals surface area contributed by atoms with E-state index in [-0.39, 0.29) is 18.2 Å². The molecular formula is C11H16N2O2. The third kappa shape index (κ3) is 3.02. The molecule has 0 saturated heterocycles. The average molecular weight is 208 g/mol. The number of aromatic nitrogens is 1. The van der Waals surface area contributed by atoms with Gasteiger partial charge in [-0.05, 0) is 25.0 Å². The van der Waals surface area contributed by atoms with Gasteiger partial charge in [0.2, 0.25) is 0 Å². The standard InChI is InChI=1S/C11H16N2O2/c1-3-6-15-7-9(14)10-8(2)4-5-13-11(10)12/h4-5H,3,6-7H2,1-2H3,(H2,12,13). The van der Waals surface area contributed by atoms with E-state index in [0.29, 0.717) is 12.2 Å². The zero-order valence-electron chi connectivity index (χ0n) is 9.12. The molecule has 0 amide bonds. The Morgan fingerprint density at radius 2 is 2.33 bits per heavy atom. The average Bonchev–Trinajstić information content (AvgIpc) is 2.18. The van der Waals surface area contributed by atoms with Gasteiger partial charge in [0.05, 0.1) is 5.56 Å². The Balaban J connectivity index is 2.73. The van der Waals surface area contributed by atoms with Crippen molar-refractivity contribution in [3.63, 3.8) is 0 Å². The fourth-order valence-electron chi connectivity index (χ4n) is 1.32. The number of ketones is 1. The molecule has 1 rings (SSSR count). The molecule has 2 N–H and O–H groups in total. The predicted octanol–water partition coefficient (Wildman–Crippen LogP) is 1.58. The Labute approximate surface area is 89.5 Å². The fourth-order valence-corrected chi connectivity index (χ4v) is 1.32. The first kappa shape index (κ1) is 11.7. The van der Waals surface area contributed by atoms with Crippen molar-refractivity contribution >= 4 is 11.6 Å². The van der Waals surface area contributed by atoms with Crippen LogP contribution in [0.1, 0.15) is 29.3 Å². The van der Waals surface area contributed by atoms with Gasteiger partial charge in [0.15, 0.2) is 5.78 Å². The predicted molar refractivity (Wildman–Crippen MR) is 58.8 cm³/mol. The van der Waals surface area contributed by atoms with E-state index < -0.39 is 0 Å². The number of carbonyl (C=O) groups is 1. The quantitative estimate of drug-likeness (QED) is 0.589. The molecule has 0 aromatic carbocycles. The number of ether oxygens (including phenoxy) is 1. The molecular weight excluding hydrogens is 192 g/mol. The van der Waals surface area contributed by atoms with Crippen molar-refractivity contribution in [1.82, 2.24) is 4.98 Å². The van der Waals surface area contributed by atoms with E-state index in [1.54, 1.807) is 12.3 Å². The third-order valence-corrected chi connectivity index (χ3v) is 2.05. The topological polar surface area (TPSA) is 65.2 Å². The van der Waals surface area contributed by atoms with Gasteiger partial charge in [-0.1, -0.05) is 6.92 Å². The smallest absolute Gasteiger partial charge is 0.192 e. The Hall–Kier alpha value is -1.42. The summed E-state index contributed by atoms with van der Waals surface area (Å²) in [6.45, 7) is 4.49. The molecule has 0 bridgehead atoms. The molecule has 0 saturated carbocycles. The lowest BCUT2D eigenvalue weighted by molar-refractivity contribution is 0.0761. The van der Waals surface area contributed by atoms with Crippen molar-refractivity contribution in [3.8, 4) is 0 Å². The van der Waals surface area contributed by atoms with Crippen molar-refractivity contribution in [2.45, 2.75) is 20.3 Å². The van der Waals surface area contributed by atoms with E-state index in [0.717, 1.165) is 12.0 Å². The van der Waals surface area contributed by atoms with E-state index in [1.807, 2.05) is 13.8 Å². The van der Waals surface area contributed by atoms with Crippen LogP contribution in [0.25, 0.3) is 0 Å². The summed E-state index contributed by atoms with van der Waals surface area (Å²) in [5.74, 6) is 0.173. The summed E-state index contributed by atoms with van der Waals surface area (Å²) in [6.07, 6.45) is 2.49. The molecule has 0 spiro atoms. The minimum absolute atomic E-state index is 0.0740. The van der Waals surface area contributed by atoms with E-state index in [9.17, 15) is 4.79 Å². The van der Waals surface area contributed by atoms with Crippen LogP contribution in [0.5, 0.6) is 0 Å². The number of hydrogen-bond donors (Lipinski definition) is 1. The minimum atomic E-state index is -0.105. The number of pyridine rings is 1. The van der Waals surface area contributed by atoms with Gasteiger partial charge in [-0.25, -0.2) is 4.98 Å². The zero-order valence-corrected chi connectivity index (χ0v) is 9.12. The fraction of sp³-hybridized carbons (Fsp3) is 0.455. The van der Waals surface area contributed by atoms with E-state index in [2.05, 4.69) is 4.98 Å². The largest absolute Gasteiger partial charge is 0.383 e. The number of carbonyl (C=O) groups excluding carboxylic acids is 1. The number of nitrogen functional groups attached to an aromatic ring is 1. The molecule has 1 aromatic rings. The molecule has 0 unspecified atom stereocenters. The van der Waals surface area contributed by atoms with Crippen LogP contribution in [-0.4, -0.2) is 24.0 Å². The molecule has 4 nitrogen and oxygen atoms in total. The maximum atomic E-state index is 11.7. The zero-order chi connectivity index (χ0) is 11.3. The van der Waals surface area contributed by atoms with Crippen LogP contribution in [0.2, 0.25) is 0 Å². The number of hydrogen-bond acceptors (Lipinski definition) is 4. The second-order valence-corrected chi connectivity index (χ2v) is 3.36. The monoisotopic (exact) mass is 208 g/mol. The number of Topliss-reactive ketones (excluding diaryl/α,β-unsaturated/α-hetero) is 1. The van der Waals surface area contributed by atoms with Crippen molar-refractivity contribution in [2.24, 2.45) is 0 Å². The van der Waals surface area contributed by atoms with Gasteiger partial charge < -0.3 is 10.5 Å². The van der Waals surface area contributed by atoms with Gasteiger partial charge in [0.25, 0.3) is 0 Å². The Bertz CT molecular complexity index is 330. The highest BCUT2D eigenvalue weighted by molar-refractivity contribution is 6.02. The Morgan fingerprint density at radius 3 is 2.93 bits per heavy atom. The lowest BCUT2D eigenvalue weighted by Crippen LogP contribution is -2.14. The lowest BCUT2D eigenvalue weighted by Gasteiger charge is -2.07. The van der Waals surface area contributed by atoms with Crippen molar-refractivity contribution < 1.29 is 9.53 Å². The van der Waals surface area contributed by atoms with Crippen molar-refractivity contribution in [3.05, 3.63) is 23.4 Å². The van der Waals surface area contributed by atoms with Crippen LogP contribution in [0.3, 0.4) is 0 Å².